The topological polar surface area (TPSA) is 75.9 Å². The first kappa shape index (κ1) is 20.1. The highest BCUT2D eigenvalue weighted by Crippen LogP contribution is 2.16. The molecule has 0 fully saturated rings. The van der Waals surface area contributed by atoms with Crippen LogP contribution in [0.4, 0.5) is 0 Å². The lowest BCUT2D eigenvalue weighted by molar-refractivity contribution is 0.257. The molecule has 2 aromatic heterocycles. The highest BCUT2D eigenvalue weighted by Gasteiger charge is 2.19. The molecule has 0 saturated carbocycles. The second kappa shape index (κ2) is 8.56. The Balaban J connectivity index is 2.15. The van der Waals surface area contributed by atoms with E-state index in [0.717, 1.165) is 37.3 Å². The Morgan fingerprint density at radius 3 is 2.50 bits per heavy atom. The molecule has 0 unspecified atom stereocenters. The first-order valence-corrected chi connectivity index (χ1v) is 9.90. The second-order valence-electron chi connectivity index (χ2n) is 7.37. The van der Waals surface area contributed by atoms with Crippen LogP contribution in [0.2, 0.25) is 0 Å². The minimum atomic E-state index is -0.441. The van der Waals surface area contributed by atoms with Gasteiger partial charge in [-0.05, 0) is 38.4 Å². The van der Waals surface area contributed by atoms with Crippen molar-refractivity contribution in [1.29, 1.82) is 0 Å². The van der Waals surface area contributed by atoms with E-state index in [1.54, 1.807) is 7.05 Å². The van der Waals surface area contributed by atoms with Crippen LogP contribution in [0.1, 0.15) is 43.6 Å². The molecule has 150 valence electrons. The van der Waals surface area contributed by atoms with E-state index in [4.69, 9.17) is 4.98 Å². The summed E-state index contributed by atoms with van der Waals surface area (Å²) in [6, 6.07) is 8.23. The molecule has 7 nitrogen and oxygen atoms in total. The van der Waals surface area contributed by atoms with Crippen LogP contribution < -0.4 is 11.2 Å². The summed E-state index contributed by atoms with van der Waals surface area (Å²) in [6.07, 6.45) is 2.11. The number of hydrogen-bond donors (Lipinski definition) is 1. The van der Waals surface area contributed by atoms with Gasteiger partial charge in [-0.3, -0.25) is 19.2 Å². The molecule has 3 rings (SSSR count). The van der Waals surface area contributed by atoms with Crippen LogP contribution >= 0.6 is 0 Å². The van der Waals surface area contributed by atoms with Crippen molar-refractivity contribution >= 4 is 11.2 Å². The smallest absolute Gasteiger partial charge is 0.317 e. The van der Waals surface area contributed by atoms with E-state index in [2.05, 4.69) is 48.9 Å². The van der Waals surface area contributed by atoms with Crippen molar-refractivity contribution in [3.63, 3.8) is 0 Å². The Morgan fingerprint density at radius 2 is 1.86 bits per heavy atom. The normalized spacial score (nSPS) is 11.6. The summed E-state index contributed by atoms with van der Waals surface area (Å²) in [6.45, 7) is 9.50. The van der Waals surface area contributed by atoms with Crippen molar-refractivity contribution in [2.45, 2.75) is 46.7 Å². The van der Waals surface area contributed by atoms with E-state index in [-0.39, 0.29) is 5.56 Å². The molecule has 0 saturated heterocycles. The van der Waals surface area contributed by atoms with E-state index in [1.807, 2.05) is 10.6 Å². The number of rotatable bonds is 8. The summed E-state index contributed by atoms with van der Waals surface area (Å²) >= 11 is 0. The molecule has 28 heavy (non-hydrogen) atoms. The molecule has 1 aromatic carbocycles. The summed E-state index contributed by atoms with van der Waals surface area (Å²) in [5.41, 5.74) is 2.33. The third-order valence-corrected chi connectivity index (χ3v) is 4.95. The van der Waals surface area contributed by atoms with Crippen molar-refractivity contribution in [3.8, 4) is 0 Å². The van der Waals surface area contributed by atoms with Gasteiger partial charge in [-0.1, -0.05) is 43.7 Å². The van der Waals surface area contributed by atoms with E-state index < -0.39 is 5.69 Å². The van der Waals surface area contributed by atoms with Crippen molar-refractivity contribution in [1.82, 2.24) is 24.0 Å². The van der Waals surface area contributed by atoms with Crippen LogP contribution in [0.25, 0.3) is 11.2 Å². The minimum absolute atomic E-state index is 0.387. The molecular formula is C21H29N5O2. The number of aryl methyl sites for hydroxylation is 2. The molecule has 0 aliphatic heterocycles. The van der Waals surface area contributed by atoms with Gasteiger partial charge in [-0.2, -0.15) is 0 Å². The predicted molar refractivity (Wildman–Crippen MR) is 112 cm³/mol. The van der Waals surface area contributed by atoms with Gasteiger partial charge in [-0.15, -0.1) is 0 Å². The Morgan fingerprint density at radius 1 is 1.14 bits per heavy atom. The zero-order chi connectivity index (χ0) is 20.3. The van der Waals surface area contributed by atoms with Crippen molar-refractivity contribution < 1.29 is 0 Å². The molecule has 0 aliphatic carbocycles. The van der Waals surface area contributed by atoms with E-state index in [1.165, 1.54) is 10.1 Å². The highest BCUT2D eigenvalue weighted by molar-refractivity contribution is 5.71. The molecule has 2 heterocycles. The van der Waals surface area contributed by atoms with Crippen LogP contribution in [-0.4, -0.2) is 37.1 Å². The Hall–Kier alpha value is -2.67. The van der Waals surface area contributed by atoms with Gasteiger partial charge in [0.2, 0.25) is 0 Å². The van der Waals surface area contributed by atoms with Gasteiger partial charge < -0.3 is 4.57 Å². The monoisotopic (exact) mass is 383 g/mol. The molecule has 7 heteroatoms. The highest BCUT2D eigenvalue weighted by atomic mass is 16.2. The molecule has 0 radical (unpaired) electrons. The van der Waals surface area contributed by atoms with E-state index in [0.29, 0.717) is 24.3 Å². The number of nitrogens with one attached hydrogen (secondary N) is 1. The van der Waals surface area contributed by atoms with Gasteiger partial charge in [0.15, 0.2) is 11.2 Å². The third-order valence-electron chi connectivity index (χ3n) is 4.95. The van der Waals surface area contributed by atoms with Crippen LogP contribution in [0.15, 0.2) is 33.9 Å². The summed E-state index contributed by atoms with van der Waals surface area (Å²) in [5.74, 6) is 0.810. The maximum atomic E-state index is 12.6. The Bertz CT molecular complexity index is 1070. The molecule has 3 aromatic rings. The lowest BCUT2D eigenvalue weighted by Crippen LogP contribution is -2.29. The molecule has 0 atom stereocenters. The third kappa shape index (κ3) is 4.09. The Kier molecular flexibility index (Phi) is 6.14. The first-order chi connectivity index (χ1) is 13.4. The summed E-state index contributed by atoms with van der Waals surface area (Å²) in [7, 11) is 1.64. The van der Waals surface area contributed by atoms with Gasteiger partial charge >= 0.3 is 5.69 Å². The second-order valence-corrected chi connectivity index (χ2v) is 7.37. The number of aromatic nitrogens is 4. The number of hydrogen-bond acceptors (Lipinski definition) is 4. The number of H-pyrrole nitrogens is 1. The number of fused-ring (bicyclic) bond motifs is 1. The fourth-order valence-electron chi connectivity index (χ4n) is 3.67. The van der Waals surface area contributed by atoms with Gasteiger partial charge in [0.05, 0.1) is 6.54 Å². The van der Waals surface area contributed by atoms with Crippen LogP contribution in [0.5, 0.6) is 0 Å². The molecule has 0 amide bonds. The standard InChI is InChI=1S/C21H29N5O2/c1-5-10-25(11-6-2)14-17-22-19-18(20(27)23-21(28)24(19)4)26(17)13-16-9-7-8-15(3)12-16/h7-9,12H,5-6,10-11,13-14H2,1-4H3,(H,23,27,28). The van der Waals surface area contributed by atoms with Gasteiger partial charge in [0.25, 0.3) is 5.56 Å². The lowest BCUT2D eigenvalue weighted by atomic mass is 10.1. The molecular weight excluding hydrogens is 354 g/mol. The predicted octanol–water partition coefficient (Wildman–Crippen LogP) is 2.40. The maximum Gasteiger partial charge on any atom is 0.329 e. The quantitative estimate of drug-likeness (QED) is 0.648. The minimum Gasteiger partial charge on any atom is -0.317 e. The van der Waals surface area contributed by atoms with Gasteiger partial charge in [-0.25, -0.2) is 9.78 Å². The van der Waals surface area contributed by atoms with E-state index in [9.17, 15) is 9.59 Å². The maximum absolute atomic E-state index is 12.6. The van der Waals surface area contributed by atoms with Crippen LogP contribution in [0.3, 0.4) is 0 Å². The summed E-state index contributed by atoms with van der Waals surface area (Å²) in [4.78, 5) is 34.2. The van der Waals surface area contributed by atoms with Gasteiger partial charge in [0.1, 0.15) is 5.82 Å². The average Bonchev–Trinajstić information content (AvgIpc) is 2.99. The van der Waals surface area contributed by atoms with Crippen molar-refractivity contribution in [3.05, 3.63) is 62.1 Å². The number of benzene rings is 1. The first-order valence-electron chi connectivity index (χ1n) is 9.90. The fourth-order valence-corrected chi connectivity index (χ4v) is 3.67. The van der Waals surface area contributed by atoms with Crippen molar-refractivity contribution in [2.75, 3.05) is 13.1 Å². The molecule has 0 spiro atoms. The molecule has 0 aliphatic rings. The zero-order valence-electron chi connectivity index (χ0n) is 17.2. The zero-order valence-corrected chi connectivity index (χ0v) is 17.2. The number of nitrogens with zero attached hydrogens (tertiary/aromatic N) is 4. The summed E-state index contributed by atoms with van der Waals surface area (Å²) in [5, 5.41) is 0. The Labute approximate surface area is 164 Å². The fraction of sp³-hybridized carbons (Fsp3) is 0.476. The largest absolute Gasteiger partial charge is 0.329 e. The van der Waals surface area contributed by atoms with Crippen molar-refractivity contribution in [2.24, 2.45) is 7.05 Å². The summed E-state index contributed by atoms with van der Waals surface area (Å²) < 4.78 is 3.37. The molecule has 0 bridgehead atoms. The van der Waals surface area contributed by atoms with Gasteiger partial charge in [0, 0.05) is 13.6 Å². The van der Waals surface area contributed by atoms with E-state index >= 15 is 0 Å². The number of aromatic amines is 1. The average molecular weight is 383 g/mol. The van der Waals surface area contributed by atoms with Crippen LogP contribution in [-0.2, 0) is 20.1 Å². The number of imidazole rings is 1. The lowest BCUT2D eigenvalue weighted by Gasteiger charge is -2.21. The SMILES string of the molecule is CCCN(CCC)Cc1nc2c(c(=O)[nH]c(=O)n2C)n1Cc1cccc(C)c1. The van der Waals surface area contributed by atoms with Crippen LogP contribution in [0, 0.1) is 6.92 Å². The molecule has 1 N–H and O–H groups in total.